The number of fused-ring (bicyclic) bond motifs is 1. The number of pyridine rings is 1. The summed E-state index contributed by atoms with van der Waals surface area (Å²) in [4.78, 5) is 39.6. The molecular weight excluding hydrogens is 528 g/mol. The molecule has 3 saturated heterocycles. The molecule has 3 aliphatic rings. The Labute approximate surface area is 214 Å². The molecule has 0 saturated carbocycles. The molecule has 3 aliphatic heterocycles. The molecule has 0 bridgehead atoms. The van der Waals surface area contributed by atoms with Crippen LogP contribution >= 0.6 is 0 Å². The first-order valence-electron chi connectivity index (χ1n) is 11.7. The van der Waals surface area contributed by atoms with Gasteiger partial charge in [-0.2, -0.15) is 26.3 Å². The van der Waals surface area contributed by atoms with Gasteiger partial charge in [-0.05, 0) is 44.2 Å². The highest BCUT2D eigenvalue weighted by Gasteiger charge is 2.47. The SMILES string of the molecule is Cc1cccc(CN2C(=O)C[C@@H]3[C@@H]2CCN3CC2CCOCC2)n1.O=C(O)C(F)(F)F.O=C(O)C(F)(F)F. The minimum absolute atomic E-state index is 0.296. The number of carbonyl (C=O) groups excluding carboxylic acids is 1. The molecule has 4 heterocycles. The Morgan fingerprint density at radius 3 is 2.05 bits per heavy atom. The van der Waals surface area contributed by atoms with Crippen LogP contribution in [0.1, 0.15) is 37.1 Å². The fraction of sp³-hybridized carbons (Fsp3) is 0.652. The number of aromatic nitrogens is 1. The van der Waals surface area contributed by atoms with Gasteiger partial charge in [0.15, 0.2) is 0 Å². The summed E-state index contributed by atoms with van der Waals surface area (Å²) in [7, 11) is 0. The third-order valence-electron chi connectivity index (χ3n) is 6.33. The van der Waals surface area contributed by atoms with Crippen LogP contribution in [0.25, 0.3) is 0 Å². The maximum atomic E-state index is 12.6. The molecule has 1 aromatic rings. The lowest BCUT2D eigenvalue weighted by molar-refractivity contribution is -0.193. The van der Waals surface area contributed by atoms with Gasteiger partial charge in [0.05, 0.1) is 12.2 Å². The van der Waals surface area contributed by atoms with Crippen LogP contribution in [-0.4, -0.2) is 93.6 Å². The fourth-order valence-electron chi connectivity index (χ4n) is 4.56. The Morgan fingerprint density at radius 1 is 1.00 bits per heavy atom. The zero-order valence-electron chi connectivity index (χ0n) is 20.5. The first-order chi connectivity index (χ1) is 17.6. The molecule has 0 unspecified atom stereocenters. The third-order valence-corrected chi connectivity index (χ3v) is 6.33. The average Bonchev–Trinajstić information content (AvgIpc) is 3.33. The van der Waals surface area contributed by atoms with Crippen LogP contribution in [-0.2, 0) is 25.7 Å². The van der Waals surface area contributed by atoms with Gasteiger partial charge in [0.25, 0.3) is 0 Å². The fourth-order valence-corrected chi connectivity index (χ4v) is 4.56. The summed E-state index contributed by atoms with van der Waals surface area (Å²) in [5.41, 5.74) is 2.02. The van der Waals surface area contributed by atoms with E-state index in [-0.39, 0.29) is 0 Å². The molecule has 0 spiro atoms. The van der Waals surface area contributed by atoms with Gasteiger partial charge in [0.1, 0.15) is 0 Å². The number of ether oxygens (including phenoxy) is 1. The second kappa shape index (κ2) is 13.2. The Morgan fingerprint density at radius 2 is 1.55 bits per heavy atom. The average molecular weight is 557 g/mol. The van der Waals surface area contributed by atoms with Crippen LogP contribution in [0, 0.1) is 12.8 Å². The Kier molecular flexibility index (Phi) is 10.9. The normalized spacial score (nSPS) is 22.2. The number of rotatable bonds is 4. The predicted molar refractivity (Wildman–Crippen MR) is 119 cm³/mol. The van der Waals surface area contributed by atoms with Gasteiger partial charge in [-0.3, -0.25) is 14.7 Å². The summed E-state index contributed by atoms with van der Waals surface area (Å²) in [6.45, 7) is 6.72. The van der Waals surface area contributed by atoms with Crippen LogP contribution < -0.4 is 0 Å². The van der Waals surface area contributed by atoms with Crippen molar-refractivity contribution >= 4 is 17.8 Å². The van der Waals surface area contributed by atoms with E-state index in [1.165, 1.54) is 12.8 Å². The number of hydrogen-bond donors (Lipinski definition) is 2. The molecule has 2 N–H and O–H groups in total. The number of amides is 1. The van der Waals surface area contributed by atoms with Crippen molar-refractivity contribution in [2.75, 3.05) is 26.3 Å². The molecule has 3 fully saturated rings. The third kappa shape index (κ3) is 9.42. The largest absolute Gasteiger partial charge is 0.490 e. The van der Waals surface area contributed by atoms with E-state index in [1.807, 2.05) is 25.1 Å². The lowest BCUT2D eigenvalue weighted by Crippen LogP contribution is -2.39. The monoisotopic (exact) mass is 557 g/mol. The van der Waals surface area contributed by atoms with Crippen molar-refractivity contribution in [3.63, 3.8) is 0 Å². The van der Waals surface area contributed by atoms with Gasteiger partial charge in [-0.1, -0.05) is 6.07 Å². The molecule has 1 aromatic heterocycles. The summed E-state index contributed by atoms with van der Waals surface area (Å²) in [5, 5.41) is 14.2. The van der Waals surface area contributed by atoms with E-state index in [2.05, 4.69) is 14.8 Å². The van der Waals surface area contributed by atoms with Gasteiger partial charge in [-0.25, -0.2) is 9.59 Å². The number of likely N-dealkylation sites (tertiary alicyclic amines) is 2. The maximum absolute atomic E-state index is 12.6. The molecule has 38 heavy (non-hydrogen) atoms. The van der Waals surface area contributed by atoms with Crippen molar-refractivity contribution in [1.82, 2.24) is 14.8 Å². The van der Waals surface area contributed by atoms with E-state index in [9.17, 15) is 31.1 Å². The van der Waals surface area contributed by atoms with E-state index >= 15 is 0 Å². The highest BCUT2D eigenvalue weighted by Crippen LogP contribution is 2.34. The first-order valence-corrected chi connectivity index (χ1v) is 11.7. The van der Waals surface area contributed by atoms with Crippen LogP contribution in [0.5, 0.6) is 0 Å². The molecule has 1 amide bonds. The summed E-state index contributed by atoms with van der Waals surface area (Å²) in [6, 6.07) is 6.85. The number of carbonyl (C=O) groups is 3. The standard InChI is InChI=1S/C19H27N3O2.2C2HF3O2/c1-14-3-2-4-16(20-14)13-22-17-5-8-21(18(17)11-19(22)23)12-15-6-9-24-10-7-15;2*3-2(4,5)1(6)7/h2-4,15,17-18H,5-13H2,1H3;2*(H,6,7)/t17-,18+;;/m0../s1. The molecular formula is C23H29F6N3O6. The highest BCUT2D eigenvalue weighted by atomic mass is 19.4. The number of nitrogens with zero attached hydrogens (tertiary/aromatic N) is 3. The number of hydrogen-bond acceptors (Lipinski definition) is 6. The minimum Gasteiger partial charge on any atom is -0.475 e. The van der Waals surface area contributed by atoms with Crippen LogP contribution in [0.3, 0.4) is 0 Å². The van der Waals surface area contributed by atoms with Crippen LogP contribution in [0.15, 0.2) is 18.2 Å². The zero-order valence-corrected chi connectivity index (χ0v) is 20.5. The van der Waals surface area contributed by atoms with Gasteiger partial charge >= 0.3 is 24.3 Å². The van der Waals surface area contributed by atoms with Gasteiger partial charge in [-0.15, -0.1) is 0 Å². The molecule has 0 aliphatic carbocycles. The number of carboxylic acid groups (broad SMARTS) is 2. The number of halogens is 6. The minimum atomic E-state index is -5.08. The summed E-state index contributed by atoms with van der Waals surface area (Å²) in [5.74, 6) is -4.48. The van der Waals surface area contributed by atoms with Crippen LogP contribution in [0.4, 0.5) is 26.3 Å². The predicted octanol–water partition coefficient (Wildman–Crippen LogP) is 3.26. The molecule has 2 atom stereocenters. The summed E-state index contributed by atoms with van der Waals surface area (Å²) in [6.07, 6.45) is -6.05. The topological polar surface area (TPSA) is 120 Å². The number of alkyl halides is 6. The van der Waals surface area contributed by atoms with E-state index in [0.717, 1.165) is 50.0 Å². The number of carboxylic acids is 2. The second-order valence-electron chi connectivity index (χ2n) is 9.08. The van der Waals surface area contributed by atoms with Crippen LogP contribution in [0.2, 0.25) is 0 Å². The Bertz CT molecular complexity index is 944. The van der Waals surface area contributed by atoms with Crippen molar-refractivity contribution in [3.8, 4) is 0 Å². The highest BCUT2D eigenvalue weighted by molar-refractivity contribution is 5.80. The first kappa shape index (κ1) is 31.3. The van der Waals surface area contributed by atoms with Gasteiger partial charge < -0.3 is 19.8 Å². The van der Waals surface area contributed by atoms with E-state index in [1.54, 1.807) is 0 Å². The van der Waals surface area contributed by atoms with E-state index in [0.29, 0.717) is 31.0 Å². The van der Waals surface area contributed by atoms with Gasteiger partial charge in [0, 0.05) is 50.5 Å². The second-order valence-corrected chi connectivity index (χ2v) is 9.08. The molecule has 214 valence electrons. The lowest BCUT2D eigenvalue weighted by Gasteiger charge is -2.30. The molecule has 0 radical (unpaired) electrons. The molecule has 0 aromatic carbocycles. The van der Waals surface area contributed by atoms with Crippen molar-refractivity contribution in [2.45, 2.75) is 63.6 Å². The molecule has 15 heteroatoms. The van der Waals surface area contributed by atoms with Crippen molar-refractivity contribution in [3.05, 3.63) is 29.6 Å². The maximum Gasteiger partial charge on any atom is 0.490 e. The zero-order chi connectivity index (χ0) is 28.7. The molecule has 9 nitrogen and oxygen atoms in total. The van der Waals surface area contributed by atoms with Crippen molar-refractivity contribution in [2.24, 2.45) is 5.92 Å². The van der Waals surface area contributed by atoms with E-state index < -0.39 is 24.3 Å². The van der Waals surface area contributed by atoms with Crippen molar-refractivity contribution < 1.29 is 55.7 Å². The lowest BCUT2D eigenvalue weighted by atomic mass is 9.99. The summed E-state index contributed by atoms with van der Waals surface area (Å²) >= 11 is 0. The van der Waals surface area contributed by atoms with Crippen molar-refractivity contribution in [1.29, 1.82) is 0 Å². The van der Waals surface area contributed by atoms with Gasteiger partial charge in [0.2, 0.25) is 5.91 Å². The van der Waals surface area contributed by atoms with E-state index in [4.69, 9.17) is 24.5 Å². The quantitative estimate of drug-likeness (QED) is 0.542. The smallest absolute Gasteiger partial charge is 0.475 e. The Hall–Kier alpha value is -2.94. The number of aryl methyl sites for hydroxylation is 1. The molecule has 4 rings (SSSR count). The Balaban J connectivity index is 0.000000301. The summed E-state index contributed by atoms with van der Waals surface area (Å²) < 4.78 is 68.9. The number of aliphatic carboxylic acids is 2.